The van der Waals surface area contributed by atoms with Gasteiger partial charge in [0, 0.05) is 31.5 Å². The van der Waals surface area contributed by atoms with E-state index in [1.54, 1.807) is 18.4 Å². The molecule has 0 saturated heterocycles. The van der Waals surface area contributed by atoms with E-state index >= 15 is 0 Å². The highest BCUT2D eigenvalue weighted by Gasteiger charge is 2.07. The summed E-state index contributed by atoms with van der Waals surface area (Å²) in [6, 6.07) is 9.88. The number of thiazole rings is 1. The molecular formula is C16H22N2O2S. The fourth-order valence-electron chi connectivity index (χ4n) is 1.91. The molecule has 0 fully saturated rings. The third-order valence-electron chi connectivity index (χ3n) is 3.03. The van der Waals surface area contributed by atoms with Crippen LogP contribution in [0.4, 0.5) is 0 Å². The van der Waals surface area contributed by atoms with Gasteiger partial charge in [0.1, 0.15) is 5.75 Å². The number of ether oxygens (including phenoxy) is 2. The van der Waals surface area contributed by atoms with E-state index in [-0.39, 0.29) is 0 Å². The van der Waals surface area contributed by atoms with E-state index in [4.69, 9.17) is 9.47 Å². The van der Waals surface area contributed by atoms with Gasteiger partial charge < -0.3 is 14.8 Å². The van der Waals surface area contributed by atoms with E-state index in [0.717, 1.165) is 42.6 Å². The second-order valence-electron chi connectivity index (χ2n) is 4.70. The lowest BCUT2D eigenvalue weighted by Crippen LogP contribution is -2.18. The average Bonchev–Trinajstić information content (AvgIpc) is 2.85. The molecule has 0 spiro atoms. The first-order chi connectivity index (χ1) is 10.3. The third kappa shape index (κ3) is 5.46. The van der Waals surface area contributed by atoms with E-state index in [9.17, 15) is 0 Å². The molecule has 1 aromatic heterocycles. The van der Waals surface area contributed by atoms with E-state index in [0.29, 0.717) is 6.61 Å². The first kappa shape index (κ1) is 15.9. The number of methoxy groups -OCH3 is 1. The third-order valence-corrected chi connectivity index (χ3v) is 4.25. The average molecular weight is 306 g/mol. The molecule has 0 saturated carbocycles. The van der Waals surface area contributed by atoms with E-state index in [1.165, 1.54) is 4.88 Å². The van der Waals surface area contributed by atoms with Gasteiger partial charge in [-0.1, -0.05) is 18.2 Å². The first-order valence-electron chi connectivity index (χ1n) is 7.12. The molecule has 0 atom stereocenters. The number of hydrogen-bond acceptors (Lipinski definition) is 5. The van der Waals surface area contributed by atoms with Gasteiger partial charge in [-0.3, -0.25) is 0 Å². The predicted octanol–water partition coefficient (Wildman–Crippen LogP) is 2.81. The molecule has 5 heteroatoms. The van der Waals surface area contributed by atoms with Crippen LogP contribution >= 0.6 is 11.3 Å². The van der Waals surface area contributed by atoms with Crippen molar-refractivity contribution < 1.29 is 9.47 Å². The number of aryl methyl sites for hydroxylation is 1. The standard InChI is InChI=1S/C16H22N2O2S/c1-13-15(12-17-9-11-19-2)21-16(18-13)8-10-20-14-6-4-3-5-7-14/h3-7,17H,8-12H2,1-2H3. The van der Waals surface area contributed by atoms with Crippen molar-refractivity contribution in [2.24, 2.45) is 0 Å². The van der Waals surface area contributed by atoms with Gasteiger partial charge in [-0.05, 0) is 19.1 Å². The summed E-state index contributed by atoms with van der Waals surface area (Å²) < 4.78 is 10.7. The monoisotopic (exact) mass is 306 g/mol. The number of nitrogens with one attached hydrogen (secondary N) is 1. The van der Waals surface area contributed by atoms with Gasteiger partial charge in [0.15, 0.2) is 0 Å². The summed E-state index contributed by atoms with van der Waals surface area (Å²) >= 11 is 1.76. The molecule has 0 radical (unpaired) electrons. The molecule has 2 aromatic rings. The van der Waals surface area contributed by atoms with Crippen molar-refractivity contribution in [2.45, 2.75) is 19.9 Å². The van der Waals surface area contributed by atoms with Crippen molar-refractivity contribution >= 4 is 11.3 Å². The Morgan fingerprint density at radius 3 is 2.76 bits per heavy atom. The molecule has 21 heavy (non-hydrogen) atoms. The molecule has 114 valence electrons. The molecule has 0 bridgehead atoms. The van der Waals surface area contributed by atoms with E-state index in [1.807, 2.05) is 30.3 Å². The topological polar surface area (TPSA) is 43.4 Å². The Bertz CT molecular complexity index is 528. The first-order valence-corrected chi connectivity index (χ1v) is 7.94. The summed E-state index contributed by atoms with van der Waals surface area (Å²) in [5.74, 6) is 0.909. The maximum Gasteiger partial charge on any atom is 0.119 e. The molecular weight excluding hydrogens is 284 g/mol. The summed E-state index contributed by atoms with van der Waals surface area (Å²) in [4.78, 5) is 5.90. The van der Waals surface area contributed by atoms with Crippen molar-refractivity contribution in [2.75, 3.05) is 26.9 Å². The Kier molecular flexibility index (Phi) is 6.66. The number of nitrogens with zero attached hydrogens (tertiary/aromatic N) is 1. The summed E-state index contributed by atoms with van der Waals surface area (Å²) in [5, 5.41) is 4.48. The highest BCUT2D eigenvalue weighted by Crippen LogP contribution is 2.19. The second-order valence-corrected chi connectivity index (χ2v) is 5.87. The van der Waals surface area contributed by atoms with Crippen LogP contribution < -0.4 is 10.1 Å². The van der Waals surface area contributed by atoms with Crippen LogP contribution in [0.1, 0.15) is 15.6 Å². The smallest absolute Gasteiger partial charge is 0.119 e. The van der Waals surface area contributed by atoms with Gasteiger partial charge in [0.2, 0.25) is 0 Å². The van der Waals surface area contributed by atoms with Gasteiger partial charge in [-0.25, -0.2) is 4.98 Å². The Hall–Kier alpha value is -1.43. The lowest BCUT2D eigenvalue weighted by atomic mass is 10.3. The van der Waals surface area contributed by atoms with Gasteiger partial charge in [-0.15, -0.1) is 11.3 Å². The molecule has 2 rings (SSSR count). The van der Waals surface area contributed by atoms with E-state index < -0.39 is 0 Å². The Morgan fingerprint density at radius 2 is 2.00 bits per heavy atom. The summed E-state index contributed by atoms with van der Waals surface area (Å²) in [5.41, 5.74) is 1.11. The molecule has 0 aliphatic carbocycles. The normalized spacial score (nSPS) is 10.8. The van der Waals surface area contributed by atoms with Crippen LogP contribution in [-0.2, 0) is 17.7 Å². The lowest BCUT2D eigenvalue weighted by Gasteiger charge is -2.03. The van der Waals surface area contributed by atoms with Crippen molar-refractivity contribution in [1.29, 1.82) is 0 Å². The Labute approximate surface area is 130 Å². The zero-order valence-corrected chi connectivity index (χ0v) is 13.4. The minimum atomic E-state index is 0.660. The highest BCUT2D eigenvalue weighted by molar-refractivity contribution is 7.11. The van der Waals surface area contributed by atoms with Crippen molar-refractivity contribution in [3.63, 3.8) is 0 Å². The van der Waals surface area contributed by atoms with Crippen LogP contribution in [0.25, 0.3) is 0 Å². The quantitative estimate of drug-likeness (QED) is 0.724. The van der Waals surface area contributed by atoms with Crippen molar-refractivity contribution in [3.05, 3.63) is 45.9 Å². The van der Waals surface area contributed by atoms with Gasteiger partial charge in [0.05, 0.1) is 23.9 Å². The molecule has 0 aliphatic rings. The largest absolute Gasteiger partial charge is 0.493 e. The molecule has 4 nitrogen and oxygen atoms in total. The molecule has 1 N–H and O–H groups in total. The van der Waals surface area contributed by atoms with Crippen molar-refractivity contribution in [3.8, 4) is 5.75 Å². The lowest BCUT2D eigenvalue weighted by molar-refractivity contribution is 0.199. The number of para-hydroxylation sites is 1. The Balaban J connectivity index is 1.76. The maximum absolute atomic E-state index is 5.71. The minimum Gasteiger partial charge on any atom is -0.493 e. The second kappa shape index (κ2) is 8.77. The number of rotatable bonds is 9. The molecule has 0 unspecified atom stereocenters. The van der Waals surface area contributed by atoms with Crippen LogP contribution in [0, 0.1) is 6.92 Å². The van der Waals surface area contributed by atoms with E-state index in [2.05, 4.69) is 17.2 Å². The van der Waals surface area contributed by atoms with Crippen LogP contribution in [0.15, 0.2) is 30.3 Å². The van der Waals surface area contributed by atoms with Crippen LogP contribution in [0.2, 0.25) is 0 Å². The van der Waals surface area contributed by atoms with Crippen LogP contribution in [0.5, 0.6) is 5.75 Å². The highest BCUT2D eigenvalue weighted by atomic mass is 32.1. The minimum absolute atomic E-state index is 0.660. The number of aromatic nitrogens is 1. The van der Waals surface area contributed by atoms with Gasteiger partial charge in [-0.2, -0.15) is 0 Å². The maximum atomic E-state index is 5.71. The predicted molar refractivity (Wildman–Crippen MR) is 86.1 cm³/mol. The molecule has 0 aliphatic heterocycles. The Morgan fingerprint density at radius 1 is 1.19 bits per heavy atom. The van der Waals surface area contributed by atoms with Crippen LogP contribution in [-0.4, -0.2) is 31.9 Å². The van der Waals surface area contributed by atoms with Gasteiger partial charge >= 0.3 is 0 Å². The zero-order valence-electron chi connectivity index (χ0n) is 12.6. The van der Waals surface area contributed by atoms with Crippen molar-refractivity contribution in [1.82, 2.24) is 10.3 Å². The number of benzene rings is 1. The fraction of sp³-hybridized carbons (Fsp3) is 0.438. The summed E-state index contributed by atoms with van der Waals surface area (Å²) in [6.45, 7) is 5.17. The molecule has 0 amide bonds. The summed E-state index contributed by atoms with van der Waals surface area (Å²) in [6.07, 6.45) is 0.846. The number of hydrogen-bond donors (Lipinski definition) is 1. The fourth-order valence-corrected chi connectivity index (χ4v) is 2.93. The summed E-state index contributed by atoms with van der Waals surface area (Å²) in [7, 11) is 1.71. The van der Waals surface area contributed by atoms with Crippen LogP contribution in [0.3, 0.4) is 0 Å². The van der Waals surface area contributed by atoms with Gasteiger partial charge in [0.25, 0.3) is 0 Å². The zero-order chi connectivity index (χ0) is 14.9. The molecule has 1 aromatic carbocycles. The SMILES string of the molecule is COCCNCc1sc(CCOc2ccccc2)nc1C. The molecule has 1 heterocycles.